The van der Waals surface area contributed by atoms with E-state index in [2.05, 4.69) is 20.9 Å². The fourth-order valence-corrected chi connectivity index (χ4v) is 3.95. The molecule has 2 fully saturated rings. The van der Waals surface area contributed by atoms with Gasteiger partial charge >= 0.3 is 0 Å². The minimum Gasteiger partial charge on any atom is -0.354 e. The van der Waals surface area contributed by atoms with Crippen LogP contribution in [0.1, 0.15) is 38.7 Å². The number of hydrogen-bond acceptors (Lipinski definition) is 4. The third-order valence-corrected chi connectivity index (χ3v) is 5.29. The number of nitrogens with one attached hydrogen (secondary N) is 3. The summed E-state index contributed by atoms with van der Waals surface area (Å²) in [4.78, 5) is 26.4. The first-order valence-corrected chi connectivity index (χ1v) is 9.73. The maximum absolute atomic E-state index is 13.0. The van der Waals surface area contributed by atoms with Gasteiger partial charge in [0.2, 0.25) is 11.8 Å². The molecule has 0 aliphatic carbocycles. The lowest BCUT2D eigenvalue weighted by atomic mass is 10.0. The molecule has 0 bridgehead atoms. The standard InChI is InChI=1S/C20H29FN4O2/c1-13(2)24-19(26)8-7-17-11-23-20(27)18-9-16(12-25(17)18)22-10-14-3-5-15(21)6-4-14/h3-6,13,16-18,22H,7-12H2,1-2H3,(H,23,27)(H,24,26)/t16-,17-,18+/m0/s1. The Morgan fingerprint density at radius 1 is 1.33 bits per heavy atom. The Balaban J connectivity index is 1.53. The summed E-state index contributed by atoms with van der Waals surface area (Å²) < 4.78 is 13.0. The summed E-state index contributed by atoms with van der Waals surface area (Å²) in [6.07, 6.45) is 1.96. The Morgan fingerprint density at radius 3 is 2.78 bits per heavy atom. The van der Waals surface area contributed by atoms with E-state index in [1.54, 1.807) is 12.1 Å². The molecule has 27 heavy (non-hydrogen) atoms. The zero-order valence-electron chi connectivity index (χ0n) is 16.0. The van der Waals surface area contributed by atoms with Crippen molar-refractivity contribution >= 4 is 11.8 Å². The predicted octanol–water partition coefficient (Wildman–Crippen LogP) is 1.16. The van der Waals surface area contributed by atoms with Crippen molar-refractivity contribution in [1.82, 2.24) is 20.9 Å². The van der Waals surface area contributed by atoms with Crippen LogP contribution in [0.2, 0.25) is 0 Å². The number of carbonyl (C=O) groups is 2. The Morgan fingerprint density at radius 2 is 2.07 bits per heavy atom. The van der Waals surface area contributed by atoms with Crippen LogP contribution in [0.15, 0.2) is 24.3 Å². The molecular formula is C20H29FN4O2. The zero-order valence-corrected chi connectivity index (χ0v) is 16.0. The quantitative estimate of drug-likeness (QED) is 0.668. The molecule has 1 aromatic carbocycles. The second-order valence-corrected chi connectivity index (χ2v) is 7.81. The van der Waals surface area contributed by atoms with Crippen molar-refractivity contribution in [2.45, 2.75) is 63.8 Å². The number of rotatable bonds is 7. The fourth-order valence-electron chi connectivity index (χ4n) is 3.95. The highest BCUT2D eigenvalue weighted by molar-refractivity contribution is 5.83. The highest BCUT2D eigenvalue weighted by atomic mass is 19.1. The molecular weight excluding hydrogens is 347 g/mol. The largest absolute Gasteiger partial charge is 0.354 e. The third kappa shape index (κ3) is 5.26. The van der Waals surface area contributed by atoms with Crippen LogP contribution in [0.3, 0.4) is 0 Å². The van der Waals surface area contributed by atoms with E-state index in [0.717, 1.165) is 24.9 Å². The lowest BCUT2D eigenvalue weighted by molar-refractivity contribution is -0.129. The molecule has 0 radical (unpaired) electrons. The molecule has 3 atom stereocenters. The maximum Gasteiger partial charge on any atom is 0.237 e. The molecule has 3 rings (SSSR count). The summed E-state index contributed by atoms with van der Waals surface area (Å²) >= 11 is 0. The minimum atomic E-state index is -0.238. The summed E-state index contributed by atoms with van der Waals surface area (Å²) in [5.74, 6) is -0.106. The molecule has 0 saturated carbocycles. The van der Waals surface area contributed by atoms with Gasteiger partial charge in [-0.25, -0.2) is 4.39 Å². The van der Waals surface area contributed by atoms with E-state index in [1.807, 2.05) is 13.8 Å². The highest BCUT2D eigenvalue weighted by Gasteiger charge is 2.43. The van der Waals surface area contributed by atoms with Gasteiger partial charge in [0.25, 0.3) is 0 Å². The Labute approximate surface area is 159 Å². The molecule has 2 saturated heterocycles. The van der Waals surface area contributed by atoms with Crippen LogP contribution in [0.5, 0.6) is 0 Å². The van der Waals surface area contributed by atoms with E-state index in [1.165, 1.54) is 12.1 Å². The van der Waals surface area contributed by atoms with Gasteiger partial charge in [-0.15, -0.1) is 0 Å². The van der Waals surface area contributed by atoms with Gasteiger partial charge in [-0.1, -0.05) is 12.1 Å². The molecule has 2 aliphatic rings. The molecule has 1 aromatic rings. The van der Waals surface area contributed by atoms with E-state index >= 15 is 0 Å². The minimum absolute atomic E-state index is 0.0589. The van der Waals surface area contributed by atoms with Crippen LogP contribution in [-0.2, 0) is 16.1 Å². The summed E-state index contributed by atoms with van der Waals surface area (Å²) in [5, 5.41) is 9.39. The summed E-state index contributed by atoms with van der Waals surface area (Å²) in [6, 6.07) is 6.85. The first kappa shape index (κ1) is 19.8. The van der Waals surface area contributed by atoms with Gasteiger partial charge in [-0.05, 0) is 44.4 Å². The number of fused-ring (bicyclic) bond motifs is 1. The van der Waals surface area contributed by atoms with E-state index < -0.39 is 0 Å². The SMILES string of the molecule is CC(C)NC(=O)CC[C@H]1CNC(=O)[C@H]2C[C@H](NCc3ccc(F)cc3)CN12. The van der Waals surface area contributed by atoms with Crippen molar-refractivity contribution < 1.29 is 14.0 Å². The number of halogens is 1. The van der Waals surface area contributed by atoms with Gasteiger partial charge in [0.05, 0.1) is 6.04 Å². The van der Waals surface area contributed by atoms with Crippen LogP contribution in [0.25, 0.3) is 0 Å². The molecule has 2 aliphatic heterocycles. The average molecular weight is 376 g/mol. The normalized spacial score (nSPS) is 25.3. The van der Waals surface area contributed by atoms with Crippen LogP contribution in [0.4, 0.5) is 4.39 Å². The van der Waals surface area contributed by atoms with Crippen molar-refractivity contribution in [3.8, 4) is 0 Å². The average Bonchev–Trinajstić information content (AvgIpc) is 3.05. The summed E-state index contributed by atoms with van der Waals surface area (Å²) in [6.45, 7) is 5.93. The van der Waals surface area contributed by atoms with Gasteiger partial charge < -0.3 is 16.0 Å². The molecule has 2 heterocycles. The van der Waals surface area contributed by atoms with Gasteiger partial charge in [0.15, 0.2) is 0 Å². The number of nitrogens with zero attached hydrogens (tertiary/aromatic N) is 1. The third-order valence-electron chi connectivity index (χ3n) is 5.29. The van der Waals surface area contributed by atoms with Gasteiger partial charge in [-0.3, -0.25) is 14.5 Å². The molecule has 0 unspecified atom stereocenters. The van der Waals surface area contributed by atoms with Crippen molar-refractivity contribution in [2.24, 2.45) is 0 Å². The number of carbonyl (C=O) groups excluding carboxylic acids is 2. The number of hydrogen-bond donors (Lipinski definition) is 3. The van der Waals surface area contributed by atoms with Crippen molar-refractivity contribution in [1.29, 1.82) is 0 Å². The first-order chi connectivity index (χ1) is 12.9. The zero-order chi connectivity index (χ0) is 19.4. The molecule has 0 spiro atoms. The second-order valence-electron chi connectivity index (χ2n) is 7.81. The monoisotopic (exact) mass is 376 g/mol. The lowest BCUT2D eigenvalue weighted by Crippen LogP contribution is -2.58. The molecule has 7 heteroatoms. The second kappa shape index (κ2) is 8.80. The van der Waals surface area contributed by atoms with E-state index in [-0.39, 0.29) is 41.8 Å². The van der Waals surface area contributed by atoms with Crippen LogP contribution < -0.4 is 16.0 Å². The van der Waals surface area contributed by atoms with Gasteiger partial charge in [0, 0.05) is 44.2 Å². The first-order valence-electron chi connectivity index (χ1n) is 9.73. The predicted molar refractivity (Wildman–Crippen MR) is 101 cm³/mol. The number of amides is 2. The van der Waals surface area contributed by atoms with Crippen molar-refractivity contribution in [3.05, 3.63) is 35.6 Å². The van der Waals surface area contributed by atoms with Crippen LogP contribution in [-0.4, -0.2) is 54.0 Å². The number of benzene rings is 1. The number of piperazine rings is 1. The Bertz CT molecular complexity index is 664. The topological polar surface area (TPSA) is 73.5 Å². The van der Waals surface area contributed by atoms with Crippen molar-refractivity contribution in [3.63, 3.8) is 0 Å². The van der Waals surface area contributed by atoms with Crippen molar-refractivity contribution in [2.75, 3.05) is 13.1 Å². The molecule has 148 valence electrons. The van der Waals surface area contributed by atoms with Gasteiger partial charge in [0.1, 0.15) is 5.82 Å². The van der Waals surface area contributed by atoms with Crippen LogP contribution in [0, 0.1) is 5.82 Å². The Kier molecular flexibility index (Phi) is 6.44. The summed E-state index contributed by atoms with van der Waals surface area (Å²) in [5.41, 5.74) is 1.02. The molecule has 3 N–H and O–H groups in total. The smallest absolute Gasteiger partial charge is 0.237 e. The fraction of sp³-hybridized carbons (Fsp3) is 0.600. The van der Waals surface area contributed by atoms with E-state index in [9.17, 15) is 14.0 Å². The summed E-state index contributed by atoms with van der Waals surface area (Å²) in [7, 11) is 0. The van der Waals surface area contributed by atoms with Crippen LogP contribution >= 0.6 is 0 Å². The Hall–Kier alpha value is -1.99. The lowest BCUT2D eigenvalue weighted by Gasteiger charge is -2.37. The van der Waals surface area contributed by atoms with E-state index in [4.69, 9.17) is 0 Å². The molecule has 6 nitrogen and oxygen atoms in total. The molecule has 0 aromatic heterocycles. The van der Waals surface area contributed by atoms with Gasteiger partial charge in [-0.2, -0.15) is 0 Å². The van der Waals surface area contributed by atoms with E-state index in [0.29, 0.717) is 19.5 Å². The highest BCUT2D eigenvalue weighted by Crippen LogP contribution is 2.26. The molecule has 2 amide bonds. The maximum atomic E-state index is 13.0.